The molecule has 4 aliphatic rings. The van der Waals surface area contributed by atoms with Gasteiger partial charge in [-0.3, -0.25) is 0 Å². The van der Waals surface area contributed by atoms with Crippen LogP contribution in [0.15, 0.2) is 60.3 Å². The molecule has 208 valence electrons. The number of ether oxygens (including phenoxy) is 4. The predicted molar refractivity (Wildman–Crippen MR) is 141 cm³/mol. The molecule has 1 saturated heterocycles. The molecule has 38 heavy (non-hydrogen) atoms. The second-order valence-corrected chi connectivity index (χ2v) is 11.1. The molecule has 0 aromatic rings. The number of cyclic esters (lactones) is 2. The molecular formula is C30H40O8. The highest BCUT2D eigenvalue weighted by Crippen LogP contribution is 2.35. The van der Waals surface area contributed by atoms with Gasteiger partial charge in [0.25, 0.3) is 0 Å². The van der Waals surface area contributed by atoms with E-state index in [0.29, 0.717) is 25.2 Å². The van der Waals surface area contributed by atoms with Gasteiger partial charge in [0, 0.05) is 25.0 Å². The largest absolute Gasteiger partial charge is 0.456 e. The summed E-state index contributed by atoms with van der Waals surface area (Å²) in [7, 11) is 0. The standard InChI is InChI=1S/C30H40O8/c1-18-12-19(2)15-25(32)30-27(38-30)17-26(24(31)11-10-23-14-20(3)16-29(34)36-23)37-28(33)9-5-7-21-6-4-8-22(13-18)35-21/h4-6,9-11,16,18,21-27,30-32H,2,7-8,12-15,17H2,1,3H3/b9-5-,11-10+/t18-,21-,22-,23+,24-,25-,26-,27-,30-/m0/s1. The lowest BCUT2D eigenvalue weighted by Crippen LogP contribution is -2.32. The van der Waals surface area contributed by atoms with E-state index in [4.69, 9.17) is 18.9 Å². The highest BCUT2D eigenvalue weighted by Gasteiger charge is 2.46. The summed E-state index contributed by atoms with van der Waals surface area (Å²) in [5.41, 5.74) is 1.85. The van der Waals surface area contributed by atoms with E-state index in [1.165, 1.54) is 18.2 Å². The van der Waals surface area contributed by atoms with Crippen molar-refractivity contribution in [3.05, 3.63) is 60.3 Å². The van der Waals surface area contributed by atoms with Crippen LogP contribution in [0.1, 0.15) is 58.8 Å². The summed E-state index contributed by atoms with van der Waals surface area (Å²) < 4.78 is 22.8. The topological polar surface area (TPSA) is 115 Å². The van der Waals surface area contributed by atoms with Crippen molar-refractivity contribution >= 4 is 11.9 Å². The van der Waals surface area contributed by atoms with Gasteiger partial charge in [-0.1, -0.05) is 49.0 Å². The van der Waals surface area contributed by atoms with E-state index in [1.807, 2.05) is 13.0 Å². The SMILES string of the molecule is C=C1C[C@H](C)C[C@@H]2CC=C[C@@H](C/C=C\C(=O)O[C@H]([C@@H](O)/C=C/[C@@H]3CC(C)=CC(=O)O3)C[C@@H]3O[C@H]3[C@@H](O)C1)O2. The van der Waals surface area contributed by atoms with Crippen molar-refractivity contribution in [2.45, 2.75) is 108 Å². The van der Waals surface area contributed by atoms with Crippen molar-refractivity contribution in [3.8, 4) is 0 Å². The second-order valence-electron chi connectivity index (χ2n) is 11.1. The van der Waals surface area contributed by atoms with Crippen LogP contribution in [0.5, 0.6) is 0 Å². The fraction of sp³-hybridized carbons (Fsp3) is 0.600. The van der Waals surface area contributed by atoms with Crippen molar-refractivity contribution in [1.82, 2.24) is 0 Å². The molecule has 0 aromatic heterocycles. The van der Waals surface area contributed by atoms with E-state index in [-0.39, 0.29) is 24.7 Å². The first-order valence-corrected chi connectivity index (χ1v) is 13.6. The molecule has 0 unspecified atom stereocenters. The Morgan fingerprint density at radius 2 is 1.87 bits per heavy atom. The number of fused-ring (bicyclic) bond motifs is 3. The van der Waals surface area contributed by atoms with Gasteiger partial charge in [-0.2, -0.15) is 0 Å². The number of epoxide rings is 1. The molecule has 1 fully saturated rings. The fourth-order valence-electron chi connectivity index (χ4n) is 5.47. The highest BCUT2D eigenvalue weighted by atomic mass is 16.6. The summed E-state index contributed by atoms with van der Waals surface area (Å²) >= 11 is 0. The molecular weight excluding hydrogens is 488 g/mol. The zero-order valence-corrected chi connectivity index (χ0v) is 22.2. The van der Waals surface area contributed by atoms with Crippen LogP contribution in [0, 0.1) is 5.92 Å². The van der Waals surface area contributed by atoms with Crippen molar-refractivity contribution < 1.29 is 38.7 Å². The van der Waals surface area contributed by atoms with Gasteiger partial charge in [0.2, 0.25) is 0 Å². The van der Waals surface area contributed by atoms with Crippen LogP contribution in [0.2, 0.25) is 0 Å². The molecule has 8 heteroatoms. The van der Waals surface area contributed by atoms with E-state index in [2.05, 4.69) is 19.6 Å². The fourth-order valence-corrected chi connectivity index (χ4v) is 5.47. The molecule has 4 aliphatic heterocycles. The van der Waals surface area contributed by atoms with Crippen molar-refractivity contribution in [1.29, 1.82) is 0 Å². The third kappa shape index (κ3) is 8.50. The van der Waals surface area contributed by atoms with Crippen molar-refractivity contribution in [3.63, 3.8) is 0 Å². The Labute approximate surface area is 224 Å². The first-order valence-electron chi connectivity index (χ1n) is 13.6. The van der Waals surface area contributed by atoms with Gasteiger partial charge in [0.15, 0.2) is 0 Å². The molecule has 0 radical (unpaired) electrons. The van der Waals surface area contributed by atoms with Gasteiger partial charge in [0.1, 0.15) is 24.4 Å². The van der Waals surface area contributed by atoms with Crippen LogP contribution < -0.4 is 0 Å². The summed E-state index contributed by atoms with van der Waals surface area (Å²) in [4.78, 5) is 24.3. The van der Waals surface area contributed by atoms with Crippen LogP contribution in [-0.4, -0.2) is 71.0 Å². The minimum atomic E-state index is -1.15. The lowest BCUT2D eigenvalue weighted by Gasteiger charge is -2.28. The van der Waals surface area contributed by atoms with Crippen molar-refractivity contribution in [2.24, 2.45) is 5.92 Å². The van der Waals surface area contributed by atoms with Crippen LogP contribution in [0.25, 0.3) is 0 Å². The minimum absolute atomic E-state index is 0.0992. The maximum absolute atomic E-state index is 12.6. The molecule has 0 saturated carbocycles. The zero-order valence-electron chi connectivity index (χ0n) is 22.2. The molecule has 0 aliphatic carbocycles. The smallest absolute Gasteiger partial charge is 0.331 e. The van der Waals surface area contributed by atoms with E-state index >= 15 is 0 Å². The highest BCUT2D eigenvalue weighted by molar-refractivity contribution is 5.84. The van der Waals surface area contributed by atoms with Crippen LogP contribution in [-0.2, 0) is 28.5 Å². The zero-order chi connectivity index (χ0) is 27.2. The maximum atomic E-state index is 12.6. The molecule has 2 bridgehead atoms. The summed E-state index contributed by atoms with van der Waals surface area (Å²) in [6, 6.07) is 0. The van der Waals surface area contributed by atoms with Gasteiger partial charge in [-0.15, -0.1) is 0 Å². The molecule has 2 N–H and O–H groups in total. The Morgan fingerprint density at radius 1 is 1.05 bits per heavy atom. The average Bonchev–Trinajstić information content (AvgIpc) is 3.60. The molecule has 9 atom stereocenters. The summed E-state index contributed by atoms with van der Waals surface area (Å²) in [5, 5.41) is 21.6. The van der Waals surface area contributed by atoms with E-state index in [1.54, 1.807) is 12.2 Å². The van der Waals surface area contributed by atoms with E-state index in [9.17, 15) is 19.8 Å². The first kappa shape index (κ1) is 28.5. The van der Waals surface area contributed by atoms with Crippen LogP contribution in [0.3, 0.4) is 0 Å². The predicted octanol–water partition coefficient (Wildman–Crippen LogP) is 3.63. The van der Waals surface area contributed by atoms with Gasteiger partial charge in [-0.25, -0.2) is 9.59 Å². The second kappa shape index (κ2) is 13.0. The Kier molecular flexibility index (Phi) is 9.76. The monoisotopic (exact) mass is 528 g/mol. The van der Waals surface area contributed by atoms with Crippen LogP contribution >= 0.6 is 0 Å². The van der Waals surface area contributed by atoms with Gasteiger partial charge >= 0.3 is 11.9 Å². The Bertz CT molecular complexity index is 994. The number of hydrogen-bond acceptors (Lipinski definition) is 8. The van der Waals surface area contributed by atoms with Gasteiger partial charge in [-0.05, 0) is 51.0 Å². The Morgan fingerprint density at radius 3 is 2.66 bits per heavy atom. The lowest BCUT2D eigenvalue weighted by atomic mass is 9.91. The molecule has 0 amide bonds. The quantitative estimate of drug-likeness (QED) is 0.324. The van der Waals surface area contributed by atoms with E-state index in [0.717, 1.165) is 30.4 Å². The molecule has 4 heterocycles. The number of rotatable bonds is 3. The third-order valence-corrected chi connectivity index (χ3v) is 7.33. The number of hydrogen-bond donors (Lipinski definition) is 2. The summed E-state index contributed by atoms with van der Waals surface area (Å²) in [6.45, 7) is 8.19. The van der Waals surface area contributed by atoms with Gasteiger partial charge in [0.05, 0.1) is 24.4 Å². The Balaban J connectivity index is 1.45. The van der Waals surface area contributed by atoms with Crippen LogP contribution in [0.4, 0.5) is 0 Å². The normalized spacial score (nSPS) is 38.7. The number of carbonyl (C=O) groups excluding carboxylic acids is 2. The average molecular weight is 529 g/mol. The molecule has 4 rings (SSSR count). The molecule has 8 nitrogen and oxygen atoms in total. The lowest BCUT2D eigenvalue weighted by molar-refractivity contribution is -0.148. The summed E-state index contributed by atoms with van der Waals surface area (Å²) in [5.74, 6) is -0.642. The molecule has 0 spiro atoms. The number of aliphatic hydroxyl groups excluding tert-OH is 2. The first-order chi connectivity index (χ1) is 18.2. The Hall–Kier alpha value is -2.52. The maximum Gasteiger partial charge on any atom is 0.331 e. The number of carbonyl (C=O) groups is 2. The summed E-state index contributed by atoms with van der Waals surface area (Å²) in [6.07, 6.45) is 12.0. The number of esters is 2. The molecule has 0 aromatic carbocycles. The van der Waals surface area contributed by atoms with Gasteiger partial charge < -0.3 is 29.2 Å². The minimum Gasteiger partial charge on any atom is -0.456 e. The van der Waals surface area contributed by atoms with Crippen molar-refractivity contribution in [2.75, 3.05) is 0 Å². The number of aliphatic hydroxyl groups is 2. The van der Waals surface area contributed by atoms with E-state index < -0.39 is 42.5 Å². The third-order valence-electron chi connectivity index (χ3n) is 7.33.